The van der Waals surface area contributed by atoms with Gasteiger partial charge in [-0.25, -0.2) is 9.18 Å². The average Bonchev–Trinajstić information content (AvgIpc) is 3.82. The molecule has 4 atom stereocenters. The summed E-state index contributed by atoms with van der Waals surface area (Å²) < 4.78 is 66.2. The molecule has 1 amide bonds. The van der Waals surface area contributed by atoms with E-state index in [1.165, 1.54) is 4.90 Å². The van der Waals surface area contributed by atoms with Gasteiger partial charge in [0.1, 0.15) is 5.60 Å². The van der Waals surface area contributed by atoms with E-state index in [0.29, 0.717) is 25.0 Å². The maximum absolute atomic E-state index is 14.4. The van der Waals surface area contributed by atoms with Gasteiger partial charge in [0.2, 0.25) is 0 Å². The Kier molecular flexibility index (Phi) is 7.45. The first-order valence-electron chi connectivity index (χ1n) is 14.5. The molecule has 0 bridgehead atoms. The van der Waals surface area contributed by atoms with Crippen molar-refractivity contribution in [3.05, 3.63) is 64.5 Å². The average molecular weight is 591 g/mol. The van der Waals surface area contributed by atoms with Gasteiger partial charge >= 0.3 is 12.1 Å². The van der Waals surface area contributed by atoms with Crippen LogP contribution in [0.3, 0.4) is 0 Å². The molecule has 6 rings (SSSR count). The van der Waals surface area contributed by atoms with Crippen LogP contribution in [0, 0.1) is 17.7 Å². The van der Waals surface area contributed by atoms with Gasteiger partial charge in [0.05, 0.1) is 24.3 Å². The number of carboxylic acid groups (broad SMARTS) is 1. The predicted molar refractivity (Wildman–Crippen MR) is 143 cm³/mol. The number of rotatable bonds is 5. The van der Waals surface area contributed by atoms with Crippen LogP contribution >= 0.6 is 0 Å². The van der Waals surface area contributed by atoms with E-state index in [4.69, 9.17) is 9.47 Å². The summed E-state index contributed by atoms with van der Waals surface area (Å²) in [4.78, 5) is 29.1. The number of hydrogen-bond donors (Lipinski definition) is 1. The van der Waals surface area contributed by atoms with Crippen LogP contribution in [0.25, 0.3) is 0 Å². The van der Waals surface area contributed by atoms with Crippen LogP contribution in [-0.2, 0) is 22.3 Å². The quantitative estimate of drug-likeness (QED) is 0.452. The fourth-order valence-corrected chi connectivity index (χ4v) is 7.08. The SMILES string of the molecule is C[C@H]1CN([C@@H]2CC[C@@](C(=O)N3COc4c(F)cc(C(F)(F)F)cc4C3)(C3CC3)OC2)CC[C@@H]1c1cccc(C(=O)O)c1. The monoisotopic (exact) mass is 590 g/mol. The van der Waals surface area contributed by atoms with E-state index in [9.17, 15) is 32.3 Å². The van der Waals surface area contributed by atoms with Crippen LogP contribution in [0.1, 0.15) is 72.0 Å². The number of carbonyl (C=O) groups is 2. The lowest BCUT2D eigenvalue weighted by Gasteiger charge is -2.47. The van der Waals surface area contributed by atoms with E-state index in [2.05, 4.69) is 11.8 Å². The lowest BCUT2D eigenvalue weighted by atomic mass is 9.79. The van der Waals surface area contributed by atoms with E-state index in [1.54, 1.807) is 18.2 Å². The number of likely N-dealkylation sites (tertiary alicyclic amines) is 1. The molecule has 4 aliphatic rings. The molecule has 0 radical (unpaired) electrons. The number of ether oxygens (including phenoxy) is 2. The lowest BCUT2D eigenvalue weighted by Crippen LogP contribution is -2.59. The van der Waals surface area contributed by atoms with Gasteiger partial charge in [-0.3, -0.25) is 9.69 Å². The summed E-state index contributed by atoms with van der Waals surface area (Å²) in [5, 5.41) is 9.38. The summed E-state index contributed by atoms with van der Waals surface area (Å²) in [6, 6.07) is 8.54. The number of halogens is 4. The molecular weight excluding hydrogens is 556 g/mol. The zero-order chi connectivity index (χ0) is 29.8. The van der Waals surface area contributed by atoms with E-state index in [1.807, 2.05) is 6.07 Å². The zero-order valence-corrected chi connectivity index (χ0v) is 23.3. The van der Waals surface area contributed by atoms with Crippen molar-refractivity contribution in [3.63, 3.8) is 0 Å². The minimum absolute atomic E-state index is 0.00712. The third-order valence-corrected chi connectivity index (χ3v) is 9.46. The summed E-state index contributed by atoms with van der Waals surface area (Å²) in [5.41, 5.74) is -0.853. The summed E-state index contributed by atoms with van der Waals surface area (Å²) in [7, 11) is 0. The number of aromatic carboxylic acids is 1. The highest BCUT2D eigenvalue weighted by atomic mass is 19.4. The second-order valence-corrected chi connectivity index (χ2v) is 12.2. The lowest BCUT2D eigenvalue weighted by molar-refractivity contribution is -0.180. The largest absolute Gasteiger partial charge is 0.478 e. The first kappa shape index (κ1) is 28.9. The number of hydrogen-bond acceptors (Lipinski definition) is 5. The standard InChI is InChI=1S/C31H34F4N2O5/c1-18-14-36(10-8-25(18)19-3-2-4-20(11-19)28(38)39)24-7-9-30(42-16-24,22-5-6-22)29(40)37-15-21-12-23(31(33,34)35)13-26(32)27(21)41-17-37/h2-4,11-13,18,22,24-25H,5-10,14-17H2,1H3,(H,38,39)/t18-,24+,25-,30-/m0/s1. The molecule has 1 N–H and O–H groups in total. The number of benzene rings is 2. The number of amides is 1. The summed E-state index contributed by atoms with van der Waals surface area (Å²) in [6.07, 6.45) is -0.913. The summed E-state index contributed by atoms with van der Waals surface area (Å²) in [6.45, 7) is 3.77. The molecule has 226 valence electrons. The third kappa shape index (κ3) is 5.37. The Bertz CT molecular complexity index is 1370. The number of piperidine rings is 1. The van der Waals surface area contributed by atoms with Crippen LogP contribution in [0.5, 0.6) is 5.75 Å². The van der Waals surface area contributed by atoms with E-state index in [0.717, 1.165) is 50.4 Å². The Morgan fingerprint density at radius 1 is 1.10 bits per heavy atom. The third-order valence-electron chi connectivity index (χ3n) is 9.46. The highest BCUT2D eigenvalue weighted by Gasteiger charge is 2.56. The van der Waals surface area contributed by atoms with Crippen LogP contribution in [0.2, 0.25) is 0 Å². The zero-order valence-electron chi connectivity index (χ0n) is 23.3. The first-order valence-corrected chi connectivity index (χ1v) is 14.5. The van der Waals surface area contributed by atoms with E-state index < -0.39 is 29.1 Å². The maximum Gasteiger partial charge on any atom is 0.416 e. The fraction of sp³-hybridized carbons (Fsp3) is 0.548. The molecule has 3 fully saturated rings. The topological polar surface area (TPSA) is 79.3 Å². The normalized spacial score (nSPS) is 28.6. The number of nitrogens with zero attached hydrogens (tertiary/aromatic N) is 2. The van der Waals surface area contributed by atoms with Gasteiger partial charge < -0.3 is 19.5 Å². The molecule has 7 nitrogen and oxygen atoms in total. The van der Waals surface area contributed by atoms with Gasteiger partial charge in [0.15, 0.2) is 18.3 Å². The maximum atomic E-state index is 14.4. The number of carboxylic acids is 1. The van der Waals surface area contributed by atoms with Crippen molar-refractivity contribution >= 4 is 11.9 Å². The van der Waals surface area contributed by atoms with Crippen LogP contribution < -0.4 is 4.74 Å². The molecule has 3 heterocycles. The van der Waals surface area contributed by atoms with E-state index >= 15 is 0 Å². The molecule has 3 aliphatic heterocycles. The molecule has 0 aromatic heterocycles. The summed E-state index contributed by atoms with van der Waals surface area (Å²) >= 11 is 0. The number of alkyl halides is 3. The van der Waals surface area contributed by atoms with Crippen molar-refractivity contribution in [2.45, 2.75) is 69.3 Å². The van der Waals surface area contributed by atoms with Gasteiger partial charge in [-0.15, -0.1) is 0 Å². The molecule has 2 aromatic rings. The molecular formula is C31H34F4N2O5. The molecule has 1 aliphatic carbocycles. The van der Waals surface area contributed by atoms with Crippen LogP contribution in [0.4, 0.5) is 17.6 Å². The molecule has 0 unspecified atom stereocenters. The number of fused-ring (bicyclic) bond motifs is 1. The smallest absolute Gasteiger partial charge is 0.416 e. The minimum Gasteiger partial charge on any atom is -0.478 e. The van der Waals surface area contributed by atoms with Crippen molar-refractivity contribution in [2.24, 2.45) is 11.8 Å². The van der Waals surface area contributed by atoms with Gasteiger partial charge in [-0.05, 0) is 86.2 Å². The van der Waals surface area contributed by atoms with Crippen molar-refractivity contribution in [3.8, 4) is 5.75 Å². The molecule has 2 aromatic carbocycles. The van der Waals surface area contributed by atoms with Crippen LogP contribution in [0.15, 0.2) is 36.4 Å². The first-order chi connectivity index (χ1) is 20.0. The highest BCUT2D eigenvalue weighted by Crippen LogP contribution is 2.49. The van der Waals surface area contributed by atoms with Crippen LogP contribution in [-0.4, -0.2) is 64.9 Å². The number of carbonyl (C=O) groups excluding carboxylic acids is 1. The van der Waals surface area contributed by atoms with Gasteiger partial charge in [-0.2, -0.15) is 13.2 Å². The molecule has 0 spiro atoms. The van der Waals surface area contributed by atoms with E-state index in [-0.39, 0.29) is 53.9 Å². The Hall–Kier alpha value is -3.18. The Labute approximate surface area is 241 Å². The van der Waals surface area contributed by atoms with Crippen molar-refractivity contribution in [1.29, 1.82) is 0 Å². The van der Waals surface area contributed by atoms with Crippen molar-refractivity contribution < 1.29 is 41.7 Å². The molecule has 2 saturated heterocycles. The Morgan fingerprint density at radius 2 is 1.88 bits per heavy atom. The Balaban J connectivity index is 1.11. The summed E-state index contributed by atoms with van der Waals surface area (Å²) in [5.74, 6) is -1.99. The van der Waals surface area contributed by atoms with Gasteiger partial charge in [-0.1, -0.05) is 19.1 Å². The fourth-order valence-electron chi connectivity index (χ4n) is 7.08. The highest BCUT2D eigenvalue weighted by molar-refractivity contribution is 5.88. The second kappa shape index (κ2) is 10.8. The molecule has 11 heteroatoms. The van der Waals surface area contributed by atoms with Crippen molar-refractivity contribution in [2.75, 3.05) is 26.4 Å². The second-order valence-electron chi connectivity index (χ2n) is 12.2. The predicted octanol–water partition coefficient (Wildman–Crippen LogP) is 5.67. The minimum atomic E-state index is -4.71. The van der Waals surface area contributed by atoms with Crippen molar-refractivity contribution in [1.82, 2.24) is 9.80 Å². The van der Waals surface area contributed by atoms with Gasteiger partial charge in [0.25, 0.3) is 5.91 Å². The Morgan fingerprint density at radius 3 is 2.52 bits per heavy atom. The molecule has 1 saturated carbocycles. The van der Waals surface area contributed by atoms with Gasteiger partial charge in [0, 0.05) is 18.2 Å². The molecule has 42 heavy (non-hydrogen) atoms.